The zero-order chi connectivity index (χ0) is 15.5. The van der Waals surface area contributed by atoms with Crippen molar-refractivity contribution in [3.8, 4) is 0 Å². The van der Waals surface area contributed by atoms with Crippen LogP contribution in [-0.4, -0.2) is 88.4 Å². The first-order chi connectivity index (χ1) is 9.81. The fourth-order valence-corrected chi connectivity index (χ4v) is 5.55. The molecule has 2 heterocycles. The monoisotopic (exact) mass is 338 g/mol. The molecule has 0 amide bonds. The van der Waals surface area contributed by atoms with E-state index in [-0.39, 0.29) is 23.0 Å². The quantitative estimate of drug-likeness (QED) is 0.680. The summed E-state index contributed by atoms with van der Waals surface area (Å²) >= 11 is 0. The van der Waals surface area contributed by atoms with Gasteiger partial charge in [0.1, 0.15) is 0 Å². The van der Waals surface area contributed by atoms with Crippen molar-refractivity contribution in [2.75, 3.05) is 55.7 Å². The molecular weight excluding hydrogens is 312 g/mol. The Labute approximate surface area is 128 Å². The lowest BCUT2D eigenvalue weighted by Crippen LogP contribution is -2.48. The van der Waals surface area contributed by atoms with Gasteiger partial charge in [0.2, 0.25) is 0 Å². The molecule has 0 N–H and O–H groups in total. The predicted molar refractivity (Wildman–Crippen MR) is 84.0 cm³/mol. The van der Waals surface area contributed by atoms with Crippen LogP contribution in [0.25, 0.3) is 0 Å². The molecule has 124 valence electrons. The Hall–Kier alpha value is -0.180. The van der Waals surface area contributed by atoms with Crippen molar-refractivity contribution in [1.29, 1.82) is 0 Å². The van der Waals surface area contributed by atoms with E-state index in [0.29, 0.717) is 32.2 Å². The molecule has 8 heteroatoms. The van der Waals surface area contributed by atoms with E-state index in [4.69, 9.17) is 0 Å². The third-order valence-electron chi connectivity index (χ3n) is 4.58. The molecule has 0 aromatic carbocycles. The van der Waals surface area contributed by atoms with Crippen molar-refractivity contribution in [2.24, 2.45) is 0 Å². The highest BCUT2D eigenvalue weighted by Gasteiger charge is 2.27. The second-order valence-corrected chi connectivity index (χ2v) is 10.6. The van der Waals surface area contributed by atoms with Crippen LogP contribution in [0.4, 0.5) is 0 Å². The van der Waals surface area contributed by atoms with Crippen LogP contribution in [0.5, 0.6) is 0 Å². The van der Waals surface area contributed by atoms with Crippen molar-refractivity contribution in [3.05, 3.63) is 0 Å². The van der Waals surface area contributed by atoms with Crippen molar-refractivity contribution >= 4 is 19.7 Å². The van der Waals surface area contributed by atoms with Gasteiger partial charge in [0.25, 0.3) is 0 Å². The third-order valence-corrected chi connectivity index (χ3v) is 7.80. The Morgan fingerprint density at radius 1 is 0.857 bits per heavy atom. The van der Waals surface area contributed by atoms with E-state index in [0.717, 1.165) is 19.4 Å². The van der Waals surface area contributed by atoms with Crippen LogP contribution >= 0.6 is 0 Å². The summed E-state index contributed by atoms with van der Waals surface area (Å²) in [6.07, 6.45) is 1.99. The highest BCUT2D eigenvalue weighted by atomic mass is 32.2. The number of hydrogen-bond donors (Lipinski definition) is 0. The minimum atomic E-state index is -2.82. The Bertz CT molecular complexity index is 517. The molecule has 2 aliphatic rings. The fraction of sp³-hybridized carbons (Fsp3) is 1.00. The minimum absolute atomic E-state index is 0.269. The van der Waals surface area contributed by atoms with Crippen LogP contribution in [-0.2, 0) is 19.7 Å². The lowest BCUT2D eigenvalue weighted by Gasteiger charge is -2.35. The molecule has 0 bridgehead atoms. The summed E-state index contributed by atoms with van der Waals surface area (Å²) in [7, 11) is -5.64. The summed E-state index contributed by atoms with van der Waals surface area (Å²) in [5.74, 6) is 1.08. The largest absolute Gasteiger partial charge is 0.301 e. The average molecular weight is 338 g/mol. The molecule has 0 aliphatic carbocycles. The standard InChI is InChI=1S/C13H26N2O4S2/c1-2-13(15-7-11-21(18,19)12-8-15)3-4-14-5-9-20(16,17)10-6-14/h13H,2-12H2,1H3. The van der Waals surface area contributed by atoms with Gasteiger partial charge in [-0.1, -0.05) is 6.92 Å². The second-order valence-electron chi connectivity index (χ2n) is 6.03. The van der Waals surface area contributed by atoms with Gasteiger partial charge in [0, 0.05) is 32.2 Å². The summed E-state index contributed by atoms with van der Waals surface area (Å²) < 4.78 is 45.8. The van der Waals surface area contributed by atoms with E-state index in [1.807, 2.05) is 0 Å². The Morgan fingerprint density at radius 2 is 1.33 bits per heavy atom. The molecular formula is C13H26N2O4S2. The summed E-state index contributed by atoms with van der Waals surface area (Å²) in [4.78, 5) is 4.49. The van der Waals surface area contributed by atoms with Crippen molar-refractivity contribution in [2.45, 2.75) is 25.8 Å². The molecule has 1 atom stereocenters. The predicted octanol–water partition coefficient (Wildman–Crippen LogP) is -0.384. The van der Waals surface area contributed by atoms with Crippen LogP contribution in [0.2, 0.25) is 0 Å². The summed E-state index contributed by atoms with van der Waals surface area (Å²) in [6.45, 7) is 5.57. The van der Waals surface area contributed by atoms with Crippen LogP contribution in [0.1, 0.15) is 19.8 Å². The minimum Gasteiger partial charge on any atom is -0.301 e. The maximum atomic E-state index is 11.5. The Kier molecular flexibility index (Phi) is 5.67. The number of nitrogens with zero attached hydrogens (tertiary/aromatic N) is 2. The summed E-state index contributed by atoms with van der Waals surface area (Å²) in [5, 5.41) is 0. The molecule has 0 aromatic heterocycles. The van der Waals surface area contributed by atoms with Crippen LogP contribution < -0.4 is 0 Å². The summed E-state index contributed by atoms with van der Waals surface area (Å²) in [5.41, 5.74) is 0. The highest BCUT2D eigenvalue weighted by molar-refractivity contribution is 7.91. The smallest absolute Gasteiger partial charge is 0.152 e. The van der Waals surface area contributed by atoms with Gasteiger partial charge in [-0.3, -0.25) is 4.90 Å². The van der Waals surface area contributed by atoms with E-state index in [2.05, 4.69) is 16.7 Å². The van der Waals surface area contributed by atoms with Gasteiger partial charge < -0.3 is 4.90 Å². The maximum absolute atomic E-state index is 11.5. The van der Waals surface area contributed by atoms with Crippen molar-refractivity contribution < 1.29 is 16.8 Å². The lowest BCUT2D eigenvalue weighted by molar-refractivity contribution is 0.172. The van der Waals surface area contributed by atoms with E-state index in [1.54, 1.807) is 0 Å². The summed E-state index contributed by atoms with van der Waals surface area (Å²) in [6, 6.07) is 0.402. The molecule has 2 fully saturated rings. The topological polar surface area (TPSA) is 74.8 Å². The lowest BCUT2D eigenvalue weighted by atomic mass is 10.1. The Balaban J connectivity index is 1.78. The van der Waals surface area contributed by atoms with E-state index in [1.165, 1.54) is 0 Å². The van der Waals surface area contributed by atoms with Crippen LogP contribution in [0.15, 0.2) is 0 Å². The molecule has 2 saturated heterocycles. The van der Waals surface area contributed by atoms with Gasteiger partial charge in [-0.15, -0.1) is 0 Å². The van der Waals surface area contributed by atoms with Crippen LogP contribution in [0, 0.1) is 0 Å². The third kappa shape index (κ3) is 5.19. The normalized spacial score (nSPS) is 28.2. The molecule has 0 spiro atoms. The number of hydrogen-bond acceptors (Lipinski definition) is 6. The molecule has 0 aromatic rings. The highest BCUT2D eigenvalue weighted by Crippen LogP contribution is 2.15. The molecule has 2 rings (SSSR count). The molecule has 0 radical (unpaired) electrons. The van der Waals surface area contributed by atoms with Gasteiger partial charge in [0.15, 0.2) is 19.7 Å². The fourth-order valence-electron chi connectivity index (χ4n) is 3.04. The maximum Gasteiger partial charge on any atom is 0.152 e. The molecule has 1 unspecified atom stereocenters. The van der Waals surface area contributed by atoms with Gasteiger partial charge in [-0.25, -0.2) is 16.8 Å². The van der Waals surface area contributed by atoms with E-state index < -0.39 is 19.7 Å². The zero-order valence-electron chi connectivity index (χ0n) is 12.7. The Morgan fingerprint density at radius 3 is 1.81 bits per heavy atom. The zero-order valence-corrected chi connectivity index (χ0v) is 14.3. The number of sulfone groups is 2. The van der Waals surface area contributed by atoms with Crippen LogP contribution in [0.3, 0.4) is 0 Å². The van der Waals surface area contributed by atoms with Gasteiger partial charge in [-0.2, -0.15) is 0 Å². The molecule has 2 aliphatic heterocycles. The second kappa shape index (κ2) is 6.93. The first kappa shape index (κ1) is 17.2. The van der Waals surface area contributed by atoms with E-state index in [9.17, 15) is 16.8 Å². The van der Waals surface area contributed by atoms with Crippen molar-refractivity contribution in [3.63, 3.8) is 0 Å². The average Bonchev–Trinajstić information content (AvgIpc) is 2.42. The molecule has 21 heavy (non-hydrogen) atoms. The molecule has 6 nitrogen and oxygen atoms in total. The molecule has 0 saturated carbocycles. The first-order valence-corrected chi connectivity index (χ1v) is 11.3. The van der Waals surface area contributed by atoms with Gasteiger partial charge >= 0.3 is 0 Å². The SMILES string of the molecule is CCC(CCN1CCS(=O)(=O)CC1)N1CCS(=O)(=O)CC1. The van der Waals surface area contributed by atoms with Gasteiger partial charge in [-0.05, 0) is 19.4 Å². The van der Waals surface area contributed by atoms with Gasteiger partial charge in [0.05, 0.1) is 23.0 Å². The van der Waals surface area contributed by atoms with E-state index >= 15 is 0 Å². The first-order valence-electron chi connectivity index (χ1n) is 7.68. The number of rotatable bonds is 5. The van der Waals surface area contributed by atoms with Crippen molar-refractivity contribution in [1.82, 2.24) is 9.80 Å².